The maximum absolute atomic E-state index is 11.3. The van der Waals surface area contributed by atoms with Crippen LogP contribution in [-0.4, -0.2) is 38.5 Å². The van der Waals surface area contributed by atoms with Gasteiger partial charge in [0.15, 0.2) is 0 Å². The van der Waals surface area contributed by atoms with Crippen molar-refractivity contribution in [2.24, 2.45) is 0 Å². The van der Waals surface area contributed by atoms with E-state index in [0.29, 0.717) is 11.3 Å². The molecule has 15 heavy (non-hydrogen) atoms. The van der Waals surface area contributed by atoms with Crippen LogP contribution in [-0.2, 0) is 19.7 Å². The highest BCUT2D eigenvalue weighted by atomic mass is 32.3. The molecular weight excluding hydrogens is 260 g/mol. The summed E-state index contributed by atoms with van der Waals surface area (Å²) in [5.41, 5.74) is 0. The Bertz CT molecular complexity index is 494. The SMILES string of the molecule is CCS(=O)(=O)c1nnc(S(=O)(=O)CC)s1. The smallest absolute Gasteiger partial charge is 0.221 e. The number of sulfone groups is 2. The Hall–Kier alpha value is -0.540. The zero-order chi connectivity index (χ0) is 11.7. The van der Waals surface area contributed by atoms with Crippen molar-refractivity contribution in [1.29, 1.82) is 0 Å². The monoisotopic (exact) mass is 270 g/mol. The van der Waals surface area contributed by atoms with Gasteiger partial charge in [0.05, 0.1) is 11.5 Å². The van der Waals surface area contributed by atoms with E-state index in [1.54, 1.807) is 0 Å². The van der Waals surface area contributed by atoms with Crippen molar-refractivity contribution >= 4 is 31.0 Å². The van der Waals surface area contributed by atoms with Crippen LogP contribution in [0.3, 0.4) is 0 Å². The average molecular weight is 270 g/mol. The number of nitrogens with zero attached hydrogens (tertiary/aromatic N) is 2. The molecule has 9 heteroatoms. The molecule has 0 bridgehead atoms. The van der Waals surface area contributed by atoms with Crippen molar-refractivity contribution in [3.63, 3.8) is 0 Å². The van der Waals surface area contributed by atoms with Gasteiger partial charge in [-0.15, -0.1) is 10.2 Å². The molecule has 86 valence electrons. The standard InChI is InChI=1S/C6H10N2O4S3/c1-3-14(9,10)5-7-8-6(13-5)15(11,12)4-2/h3-4H2,1-2H3. The Morgan fingerprint density at radius 1 is 0.933 bits per heavy atom. The van der Waals surface area contributed by atoms with Crippen LogP contribution in [0.25, 0.3) is 0 Å². The summed E-state index contributed by atoms with van der Waals surface area (Å²) >= 11 is 0.598. The van der Waals surface area contributed by atoms with E-state index < -0.39 is 19.7 Å². The number of aromatic nitrogens is 2. The van der Waals surface area contributed by atoms with Crippen molar-refractivity contribution in [2.45, 2.75) is 22.5 Å². The van der Waals surface area contributed by atoms with Gasteiger partial charge in [-0.2, -0.15) is 0 Å². The van der Waals surface area contributed by atoms with Gasteiger partial charge in [0.1, 0.15) is 0 Å². The van der Waals surface area contributed by atoms with E-state index in [0.717, 1.165) is 0 Å². The summed E-state index contributed by atoms with van der Waals surface area (Å²) in [6.07, 6.45) is 0. The molecular formula is C6H10N2O4S3. The summed E-state index contributed by atoms with van der Waals surface area (Å²) in [5.74, 6) is -0.235. The van der Waals surface area contributed by atoms with Crippen molar-refractivity contribution in [3.05, 3.63) is 0 Å². The molecule has 0 amide bonds. The van der Waals surface area contributed by atoms with Crippen LogP contribution in [0, 0.1) is 0 Å². The molecule has 0 saturated heterocycles. The normalized spacial score (nSPS) is 12.9. The first kappa shape index (κ1) is 12.5. The third kappa shape index (κ3) is 2.52. The predicted octanol–water partition coefficient (Wildman–Crippen LogP) is 0.125. The average Bonchev–Trinajstić information content (AvgIpc) is 2.67. The summed E-state index contributed by atoms with van der Waals surface area (Å²) in [4.78, 5) is 0. The Balaban J connectivity index is 3.23. The fourth-order valence-corrected chi connectivity index (χ4v) is 4.19. The molecule has 0 radical (unpaired) electrons. The molecule has 1 aromatic heterocycles. The van der Waals surface area contributed by atoms with Gasteiger partial charge >= 0.3 is 0 Å². The first-order chi connectivity index (χ1) is 6.83. The van der Waals surface area contributed by atoms with Gasteiger partial charge in [0.25, 0.3) is 0 Å². The highest BCUT2D eigenvalue weighted by Gasteiger charge is 2.23. The highest BCUT2D eigenvalue weighted by Crippen LogP contribution is 2.21. The van der Waals surface area contributed by atoms with Crippen LogP contribution in [0.4, 0.5) is 0 Å². The molecule has 1 aromatic rings. The third-order valence-corrected chi connectivity index (χ3v) is 6.96. The van der Waals surface area contributed by atoms with E-state index in [9.17, 15) is 16.8 Å². The molecule has 6 nitrogen and oxygen atoms in total. The van der Waals surface area contributed by atoms with Gasteiger partial charge in [0, 0.05) is 0 Å². The lowest BCUT2D eigenvalue weighted by Crippen LogP contribution is -2.02. The van der Waals surface area contributed by atoms with E-state index in [1.165, 1.54) is 13.8 Å². The molecule has 0 spiro atoms. The van der Waals surface area contributed by atoms with Crippen LogP contribution in [0.5, 0.6) is 0 Å². The van der Waals surface area contributed by atoms with E-state index >= 15 is 0 Å². The third-order valence-electron chi connectivity index (χ3n) is 1.68. The maximum Gasteiger partial charge on any atom is 0.233 e. The molecule has 1 rings (SSSR count). The first-order valence-electron chi connectivity index (χ1n) is 4.12. The van der Waals surface area contributed by atoms with Gasteiger partial charge in [-0.05, 0) is 0 Å². The Morgan fingerprint density at radius 2 is 1.27 bits per heavy atom. The van der Waals surface area contributed by atoms with Crippen LogP contribution in [0.2, 0.25) is 0 Å². The lowest BCUT2D eigenvalue weighted by Gasteiger charge is -1.92. The lowest BCUT2D eigenvalue weighted by atomic mass is 11.0. The summed E-state index contributed by atoms with van der Waals surface area (Å²) < 4.78 is 44.9. The number of rotatable bonds is 4. The topological polar surface area (TPSA) is 94.1 Å². The van der Waals surface area contributed by atoms with Crippen LogP contribution in [0.15, 0.2) is 8.68 Å². The Kier molecular flexibility index (Phi) is 3.46. The fourth-order valence-electron chi connectivity index (χ4n) is 0.695. The lowest BCUT2D eigenvalue weighted by molar-refractivity contribution is 0.590. The minimum absolute atomic E-state index is 0.117. The van der Waals surface area contributed by atoms with Crippen LogP contribution < -0.4 is 0 Å². The molecule has 0 saturated carbocycles. The second kappa shape index (κ2) is 4.14. The molecule has 1 heterocycles. The molecule has 0 atom stereocenters. The molecule has 0 fully saturated rings. The number of hydrogen-bond donors (Lipinski definition) is 0. The summed E-state index contributed by atoms with van der Waals surface area (Å²) in [6, 6.07) is 0. The first-order valence-corrected chi connectivity index (χ1v) is 8.24. The van der Waals surface area contributed by atoms with Crippen LogP contribution >= 0.6 is 11.3 Å². The van der Waals surface area contributed by atoms with Crippen molar-refractivity contribution in [2.75, 3.05) is 11.5 Å². The van der Waals surface area contributed by atoms with Gasteiger partial charge in [0.2, 0.25) is 28.4 Å². The maximum atomic E-state index is 11.3. The molecule has 0 unspecified atom stereocenters. The second-order valence-corrected chi connectivity index (χ2v) is 8.52. The van der Waals surface area contributed by atoms with Crippen molar-refractivity contribution in [3.8, 4) is 0 Å². The quantitative estimate of drug-likeness (QED) is 0.771. The number of hydrogen-bond acceptors (Lipinski definition) is 7. The minimum Gasteiger partial charge on any atom is -0.221 e. The van der Waals surface area contributed by atoms with Gasteiger partial charge in [-0.25, -0.2) is 16.8 Å². The largest absolute Gasteiger partial charge is 0.233 e. The molecule has 0 aliphatic carbocycles. The minimum atomic E-state index is -3.47. The molecule has 0 aliphatic heterocycles. The second-order valence-electron chi connectivity index (χ2n) is 2.64. The van der Waals surface area contributed by atoms with E-state index in [-0.39, 0.29) is 20.2 Å². The van der Waals surface area contributed by atoms with Gasteiger partial charge < -0.3 is 0 Å². The molecule has 0 aliphatic rings. The Labute approximate surface area is 92.2 Å². The summed E-state index contributed by atoms with van der Waals surface area (Å²) in [6.45, 7) is 2.93. The highest BCUT2D eigenvalue weighted by molar-refractivity contribution is 7.95. The Morgan fingerprint density at radius 3 is 1.53 bits per heavy atom. The van der Waals surface area contributed by atoms with Crippen molar-refractivity contribution < 1.29 is 16.8 Å². The summed E-state index contributed by atoms with van der Waals surface area (Å²) in [5, 5.41) is 6.75. The summed E-state index contributed by atoms with van der Waals surface area (Å²) in [7, 11) is -6.93. The van der Waals surface area contributed by atoms with Crippen LogP contribution in [0.1, 0.15) is 13.8 Å². The zero-order valence-electron chi connectivity index (χ0n) is 8.17. The molecule has 0 N–H and O–H groups in total. The van der Waals surface area contributed by atoms with E-state index in [1.807, 2.05) is 0 Å². The van der Waals surface area contributed by atoms with Gasteiger partial charge in [-0.1, -0.05) is 25.2 Å². The predicted molar refractivity (Wildman–Crippen MR) is 55.4 cm³/mol. The zero-order valence-corrected chi connectivity index (χ0v) is 10.6. The molecule has 0 aromatic carbocycles. The van der Waals surface area contributed by atoms with E-state index in [4.69, 9.17) is 0 Å². The van der Waals surface area contributed by atoms with E-state index in [2.05, 4.69) is 10.2 Å². The van der Waals surface area contributed by atoms with Crippen molar-refractivity contribution in [1.82, 2.24) is 10.2 Å². The van der Waals surface area contributed by atoms with Gasteiger partial charge in [-0.3, -0.25) is 0 Å². The fraction of sp³-hybridized carbons (Fsp3) is 0.667.